The highest BCUT2D eigenvalue weighted by Gasteiger charge is 2.46. The third-order valence-electron chi connectivity index (χ3n) is 2.80. The van der Waals surface area contributed by atoms with Crippen LogP contribution in [0.25, 0.3) is 0 Å². The van der Waals surface area contributed by atoms with Crippen molar-refractivity contribution in [3.63, 3.8) is 0 Å². The normalized spacial score (nSPS) is 32.0. The molecular formula is C13H26O5. The van der Waals surface area contributed by atoms with Crippen LogP contribution < -0.4 is 0 Å². The van der Waals surface area contributed by atoms with Crippen molar-refractivity contribution in [1.29, 1.82) is 0 Å². The van der Waals surface area contributed by atoms with Crippen LogP contribution in [0, 0.1) is 0 Å². The summed E-state index contributed by atoms with van der Waals surface area (Å²) in [6.45, 7) is 10.8. The van der Waals surface area contributed by atoms with E-state index in [2.05, 4.69) is 0 Å². The van der Waals surface area contributed by atoms with Gasteiger partial charge >= 0.3 is 0 Å². The lowest BCUT2D eigenvalue weighted by Gasteiger charge is -2.23. The van der Waals surface area contributed by atoms with Gasteiger partial charge < -0.3 is 23.7 Å². The third-order valence-corrected chi connectivity index (χ3v) is 2.80. The zero-order valence-corrected chi connectivity index (χ0v) is 11.9. The van der Waals surface area contributed by atoms with E-state index >= 15 is 0 Å². The van der Waals surface area contributed by atoms with Crippen molar-refractivity contribution in [1.82, 2.24) is 0 Å². The fraction of sp³-hybridized carbons (Fsp3) is 1.00. The number of rotatable bonds is 9. The summed E-state index contributed by atoms with van der Waals surface area (Å²) < 4.78 is 28.3. The predicted molar refractivity (Wildman–Crippen MR) is 67.6 cm³/mol. The molecule has 1 saturated heterocycles. The van der Waals surface area contributed by atoms with Crippen molar-refractivity contribution in [2.75, 3.05) is 33.0 Å². The molecule has 5 nitrogen and oxygen atoms in total. The Morgan fingerprint density at radius 3 is 1.94 bits per heavy atom. The molecule has 1 aliphatic heterocycles. The summed E-state index contributed by atoms with van der Waals surface area (Å²) in [7, 11) is 0. The number of hydrogen-bond donors (Lipinski definition) is 0. The minimum atomic E-state index is -0.364. The van der Waals surface area contributed by atoms with Gasteiger partial charge in [0.25, 0.3) is 0 Å². The molecule has 1 fully saturated rings. The summed E-state index contributed by atoms with van der Waals surface area (Å²) in [5.74, 6) is 0. The Kier molecular flexibility index (Phi) is 7.77. The van der Waals surface area contributed by atoms with E-state index in [4.69, 9.17) is 23.7 Å². The topological polar surface area (TPSA) is 46.2 Å². The fourth-order valence-electron chi connectivity index (χ4n) is 2.12. The molecule has 4 atom stereocenters. The summed E-state index contributed by atoms with van der Waals surface area (Å²) in [6, 6.07) is 0. The van der Waals surface area contributed by atoms with Crippen molar-refractivity contribution < 1.29 is 23.7 Å². The van der Waals surface area contributed by atoms with E-state index in [0.717, 1.165) is 0 Å². The SMILES string of the molecule is CCOC[C@H]1O[C@H](OCC)[C@@H](OCC)[C@H]1OCC. The smallest absolute Gasteiger partial charge is 0.186 e. The molecule has 0 unspecified atom stereocenters. The summed E-state index contributed by atoms with van der Waals surface area (Å²) in [6.07, 6.45) is -0.798. The van der Waals surface area contributed by atoms with Gasteiger partial charge in [0, 0.05) is 26.4 Å². The zero-order valence-electron chi connectivity index (χ0n) is 11.9. The van der Waals surface area contributed by atoms with Crippen LogP contribution in [0.2, 0.25) is 0 Å². The Morgan fingerprint density at radius 1 is 0.778 bits per heavy atom. The lowest BCUT2D eigenvalue weighted by molar-refractivity contribution is -0.178. The van der Waals surface area contributed by atoms with Crippen LogP contribution in [0.4, 0.5) is 0 Å². The van der Waals surface area contributed by atoms with Gasteiger partial charge in [0.05, 0.1) is 6.61 Å². The molecule has 0 aliphatic carbocycles. The van der Waals surface area contributed by atoms with Gasteiger partial charge in [-0.05, 0) is 27.7 Å². The van der Waals surface area contributed by atoms with Gasteiger partial charge in [-0.15, -0.1) is 0 Å². The van der Waals surface area contributed by atoms with E-state index in [9.17, 15) is 0 Å². The summed E-state index contributed by atoms with van der Waals surface area (Å²) in [4.78, 5) is 0. The van der Waals surface area contributed by atoms with E-state index in [-0.39, 0.29) is 24.6 Å². The van der Waals surface area contributed by atoms with Gasteiger partial charge in [-0.2, -0.15) is 0 Å². The highest BCUT2D eigenvalue weighted by atomic mass is 16.7. The van der Waals surface area contributed by atoms with Gasteiger partial charge in [0.2, 0.25) is 0 Å². The highest BCUT2D eigenvalue weighted by molar-refractivity contribution is 4.89. The highest BCUT2D eigenvalue weighted by Crippen LogP contribution is 2.27. The quantitative estimate of drug-likeness (QED) is 0.631. The van der Waals surface area contributed by atoms with Crippen LogP contribution in [-0.4, -0.2) is 57.6 Å². The monoisotopic (exact) mass is 262 g/mol. The second kappa shape index (κ2) is 8.82. The maximum absolute atomic E-state index is 5.84. The summed E-state index contributed by atoms with van der Waals surface area (Å²) in [5.41, 5.74) is 0. The minimum absolute atomic E-state index is 0.127. The molecule has 108 valence electrons. The molecule has 0 aromatic rings. The molecule has 0 N–H and O–H groups in total. The van der Waals surface area contributed by atoms with Gasteiger partial charge in [-0.1, -0.05) is 0 Å². The molecule has 0 radical (unpaired) electrons. The second-order valence-electron chi connectivity index (χ2n) is 4.00. The average Bonchev–Trinajstić information content (AvgIpc) is 2.67. The molecule has 0 aromatic heterocycles. The second-order valence-corrected chi connectivity index (χ2v) is 4.00. The standard InChI is InChI=1S/C13H26O5/c1-5-14-9-10-11(15-6-2)12(16-7-3)13(18-10)17-8-4/h10-13H,5-9H2,1-4H3/t10-,11+,12+,13+/m1/s1. The molecule has 1 heterocycles. The van der Waals surface area contributed by atoms with Crippen molar-refractivity contribution in [3.8, 4) is 0 Å². The van der Waals surface area contributed by atoms with Gasteiger partial charge in [-0.25, -0.2) is 0 Å². The van der Waals surface area contributed by atoms with Crippen LogP contribution in [0.5, 0.6) is 0 Å². The Bertz CT molecular complexity index is 212. The van der Waals surface area contributed by atoms with E-state index in [1.54, 1.807) is 0 Å². The maximum Gasteiger partial charge on any atom is 0.186 e. The summed E-state index contributed by atoms with van der Waals surface area (Å²) >= 11 is 0. The molecule has 0 saturated carbocycles. The van der Waals surface area contributed by atoms with Crippen molar-refractivity contribution >= 4 is 0 Å². The van der Waals surface area contributed by atoms with Gasteiger partial charge in [0.15, 0.2) is 6.29 Å². The van der Waals surface area contributed by atoms with Crippen LogP contribution in [0.15, 0.2) is 0 Å². The molecule has 0 bridgehead atoms. The molecule has 0 spiro atoms. The van der Waals surface area contributed by atoms with E-state index in [1.165, 1.54) is 0 Å². The molecule has 18 heavy (non-hydrogen) atoms. The Hall–Kier alpha value is -0.200. The van der Waals surface area contributed by atoms with E-state index < -0.39 is 0 Å². The average molecular weight is 262 g/mol. The Labute approximate surface area is 110 Å². The first kappa shape index (κ1) is 15.9. The fourth-order valence-corrected chi connectivity index (χ4v) is 2.12. The van der Waals surface area contributed by atoms with Crippen molar-refractivity contribution in [3.05, 3.63) is 0 Å². The van der Waals surface area contributed by atoms with Crippen LogP contribution in [-0.2, 0) is 23.7 Å². The molecule has 1 aliphatic rings. The van der Waals surface area contributed by atoms with E-state index in [0.29, 0.717) is 33.0 Å². The molecule has 0 amide bonds. The summed E-state index contributed by atoms with van der Waals surface area (Å²) in [5, 5.41) is 0. The van der Waals surface area contributed by atoms with Crippen molar-refractivity contribution in [2.24, 2.45) is 0 Å². The lowest BCUT2D eigenvalue weighted by Crippen LogP contribution is -2.39. The maximum atomic E-state index is 5.84. The predicted octanol–water partition coefficient (Wildman–Crippen LogP) is 1.59. The number of hydrogen-bond acceptors (Lipinski definition) is 5. The van der Waals surface area contributed by atoms with E-state index in [1.807, 2.05) is 27.7 Å². The van der Waals surface area contributed by atoms with Crippen LogP contribution in [0.1, 0.15) is 27.7 Å². The van der Waals surface area contributed by atoms with Crippen molar-refractivity contribution in [2.45, 2.75) is 52.3 Å². The lowest BCUT2D eigenvalue weighted by atomic mass is 10.1. The van der Waals surface area contributed by atoms with Gasteiger partial charge in [0.1, 0.15) is 18.3 Å². The molecule has 0 aromatic carbocycles. The van der Waals surface area contributed by atoms with Crippen LogP contribution in [0.3, 0.4) is 0 Å². The first-order valence-electron chi connectivity index (χ1n) is 6.86. The zero-order chi connectivity index (χ0) is 13.4. The third kappa shape index (κ3) is 4.17. The largest absolute Gasteiger partial charge is 0.379 e. The Balaban J connectivity index is 2.66. The number of ether oxygens (including phenoxy) is 5. The molecule has 1 rings (SSSR count). The first-order valence-corrected chi connectivity index (χ1v) is 6.86. The minimum Gasteiger partial charge on any atom is -0.379 e. The van der Waals surface area contributed by atoms with Crippen LogP contribution >= 0.6 is 0 Å². The molecule has 5 heteroatoms. The first-order chi connectivity index (χ1) is 8.78. The van der Waals surface area contributed by atoms with Gasteiger partial charge in [-0.3, -0.25) is 0 Å². The molecular weight excluding hydrogens is 236 g/mol. The Morgan fingerprint density at radius 2 is 1.39 bits per heavy atom.